The molecule has 0 aromatic carbocycles. The predicted molar refractivity (Wildman–Crippen MR) is 76.3 cm³/mol. The number of amides is 1. The Hall–Kier alpha value is -1.95. The first-order valence-electron chi connectivity index (χ1n) is 7.11. The van der Waals surface area contributed by atoms with Gasteiger partial charge in [-0.25, -0.2) is 9.78 Å². The van der Waals surface area contributed by atoms with E-state index in [2.05, 4.69) is 4.98 Å². The third-order valence-corrected chi connectivity index (χ3v) is 3.49. The van der Waals surface area contributed by atoms with Crippen molar-refractivity contribution in [3.8, 4) is 0 Å². The highest BCUT2D eigenvalue weighted by Gasteiger charge is 2.30. The maximum Gasteiger partial charge on any atom is 0.354 e. The standard InChI is InChI=1S/C15H20N2O4/c1-10(2)21-9-12-4-3-7-17(12)14(18)11-5-6-16-13(8-11)15(19)20/h5-6,8,10,12H,3-4,7,9H2,1-2H3,(H,19,20). The van der Waals surface area contributed by atoms with Crippen LogP contribution in [0.3, 0.4) is 0 Å². The fourth-order valence-corrected chi connectivity index (χ4v) is 2.43. The van der Waals surface area contributed by atoms with E-state index in [4.69, 9.17) is 9.84 Å². The Labute approximate surface area is 123 Å². The average molecular weight is 292 g/mol. The molecule has 6 nitrogen and oxygen atoms in total. The van der Waals surface area contributed by atoms with Gasteiger partial charge in [0.1, 0.15) is 5.69 Å². The van der Waals surface area contributed by atoms with Crippen molar-refractivity contribution in [1.29, 1.82) is 0 Å². The zero-order chi connectivity index (χ0) is 15.4. The number of aromatic nitrogens is 1. The molecule has 1 fully saturated rings. The molecule has 6 heteroatoms. The van der Waals surface area contributed by atoms with Crippen LogP contribution in [0.2, 0.25) is 0 Å². The van der Waals surface area contributed by atoms with Crippen molar-refractivity contribution in [2.45, 2.75) is 38.8 Å². The highest BCUT2D eigenvalue weighted by Crippen LogP contribution is 2.21. The summed E-state index contributed by atoms with van der Waals surface area (Å²) >= 11 is 0. The van der Waals surface area contributed by atoms with Crippen LogP contribution in [0.15, 0.2) is 18.3 Å². The van der Waals surface area contributed by atoms with Crippen molar-refractivity contribution in [3.05, 3.63) is 29.6 Å². The Morgan fingerprint density at radius 2 is 2.29 bits per heavy atom. The van der Waals surface area contributed by atoms with Gasteiger partial charge in [-0.05, 0) is 38.8 Å². The summed E-state index contributed by atoms with van der Waals surface area (Å²) in [7, 11) is 0. The molecule has 1 atom stereocenters. The van der Waals surface area contributed by atoms with Gasteiger partial charge in [-0.1, -0.05) is 0 Å². The summed E-state index contributed by atoms with van der Waals surface area (Å²) < 4.78 is 5.60. The molecule has 1 saturated heterocycles. The second-order valence-corrected chi connectivity index (χ2v) is 5.41. The molecule has 114 valence electrons. The monoisotopic (exact) mass is 292 g/mol. The number of carboxylic acid groups (broad SMARTS) is 1. The second kappa shape index (κ2) is 6.67. The first-order chi connectivity index (χ1) is 9.99. The SMILES string of the molecule is CC(C)OCC1CCCN1C(=O)c1ccnc(C(=O)O)c1. The number of pyridine rings is 1. The molecule has 1 aromatic rings. The largest absolute Gasteiger partial charge is 0.477 e. The Kier molecular flexibility index (Phi) is 4.90. The van der Waals surface area contributed by atoms with Crippen LogP contribution in [0.25, 0.3) is 0 Å². The van der Waals surface area contributed by atoms with E-state index >= 15 is 0 Å². The summed E-state index contributed by atoms with van der Waals surface area (Å²) in [5, 5.41) is 8.95. The summed E-state index contributed by atoms with van der Waals surface area (Å²) in [6.45, 7) is 5.11. The summed E-state index contributed by atoms with van der Waals surface area (Å²) in [5.74, 6) is -1.29. The molecule has 1 aliphatic rings. The van der Waals surface area contributed by atoms with Gasteiger partial charge in [0.25, 0.3) is 5.91 Å². The number of hydrogen-bond donors (Lipinski definition) is 1. The number of likely N-dealkylation sites (tertiary alicyclic amines) is 1. The molecule has 0 saturated carbocycles. The van der Waals surface area contributed by atoms with Gasteiger partial charge in [0, 0.05) is 18.3 Å². The summed E-state index contributed by atoms with van der Waals surface area (Å²) in [6.07, 6.45) is 3.33. The molecule has 1 aromatic heterocycles. The van der Waals surface area contributed by atoms with Gasteiger partial charge in [-0.2, -0.15) is 0 Å². The van der Waals surface area contributed by atoms with Gasteiger partial charge in [0.2, 0.25) is 0 Å². The minimum atomic E-state index is -1.13. The van der Waals surface area contributed by atoms with Gasteiger partial charge in [-0.15, -0.1) is 0 Å². The molecular weight excluding hydrogens is 272 g/mol. The number of carbonyl (C=O) groups is 2. The van der Waals surface area contributed by atoms with Crippen LogP contribution in [0.4, 0.5) is 0 Å². The molecule has 1 amide bonds. The number of aromatic carboxylic acids is 1. The fourth-order valence-electron chi connectivity index (χ4n) is 2.43. The number of ether oxygens (including phenoxy) is 1. The van der Waals surface area contributed by atoms with Crippen LogP contribution in [-0.4, -0.2) is 52.2 Å². The topological polar surface area (TPSA) is 79.7 Å². The molecule has 1 aliphatic heterocycles. The van der Waals surface area contributed by atoms with Crippen molar-refractivity contribution >= 4 is 11.9 Å². The molecule has 0 spiro atoms. The van der Waals surface area contributed by atoms with Gasteiger partial charge in [-0.3, -0.25) is 4.79 Å². The van der Waals surface area contributed by atoms with Gasteiger partial charge >= 0.3 is 5.97 Å². The first-order valence-corrected chi connectivity index (χ1v) is 7.11. The van der Waals surface area contributed by atoms with Gasteiger partial charge in [0.05, 0.1) is 18.8 Å². The minimum absolute atomic E-state index is 0.0568. The number of nitrogens with zero attached hydrogens (tertiary/aromatic N) is 2. The zero-order valence-corrected chi connectivity index (χ0v) is 12.3. The molecule has 1 N–H and O–H groups in total. The van der Waals surface area contributed by atoms with E-state index in [-0.39, 0.29) is 23.7 Å². The molecule has 0 radical (unpaired) electrons. The Bertz CT molecular complexity index is 530. The Morgan fingerprint density at radius 3 is 2.95 bits per heavy atom. The van der Waals surface area contributed by atoms with E-state index in [0.717, 1.165) is 12.8 Å². The maximum atomic E-state index is 12.5. The first kappa shape index (κ1) is 15.4. The minimum Gasteiger partial charge on any atom is -0.477 e. The molecule has 1 unspecified atom stereocenters. The van der Waals surface area contributed by atoms with Crippen molar-refractivity contribution < 1.29 is 19.4 Å². The van der Waals surface area contributed by atoms with E-state index in [1.807, 2.05) is 13.8 Å². The normalized spacial score (nSPS) is 18.2. The van der Waals surface area contributed by atoms with Crippen molar-refractivity contribution in [2.75, 3.05) is 13.2 Å². The number of carboxylic acids is 1. The highest BCUT2D eigenvalue weighted by atomic mass is 16.5. The van der Waals surface area contributed by atoms with E-state index in [1.54, 1.807) is 11.0 Å². The van der Waals surface area contributed by atoms with Crippen LogP contribution in [0, 0.1) is 0 Å². The second-order valence-electron chi connectivity index (χ2n) is 5.41. The lowest BCUT2D eigenvalue weighted by atomic mass is 10.1. The summed E-state index contributed by atoms with van der Waals surface area (Å²) in [6, 6.07) is 2.93. The highest BCUT2D eigenvalue weighted by molar-refractivity contribution is 5.96. The van der Waals surface area contributed by atoms with E-state index in [1.165, 1.54) is 12.3 Å². The summed E-state index contributed by atoms with van der Waals surface area (Å²) in [5.41, 5.74) is 0.244. The molecule has 0 bridgehead atoms. The lowest BCUT2D eigenvalue weighted by Crippen LogP contribution is -2.38. The Balaban J connectivity index is 2.11. The van der Waals surface area contributed by atoms with E-state index in [9.17, 15) is 9.59 Å². The number of hydrogen-bond acceptors (Lipinski definition) is 4. The van der Waals surface area contributed by atoms with Crippen molar-refractivity contribution in [2.24, 2.45) is 0 Å². The Morgan fingerprint density at radius 1 is 1.52 bits per heavy atom. The lowest BCUT2D eigenvalue weighted by Gasteiger charge is -2.25. The molecule has 2 heterocycles. The molecule has 0 aliphatic carbocycles. The predicted octanol–water partition coefficient (Wildman–Crippen LogP) is 1.81. The molecule has 21 heavy (non-hydrogen) atoms. The summed E-state index contributed by atoms with van der Waals surface area (Å²) in [4.78, 5) is 29.0. The molecule has 2 rings (SSSR count). The van der Waals surface area contributed by atoms with Crippen LogP contribution in [0.5, 0.6) is 0 Å². The third-order valence-electron chi connectivity index (χ3n) is 3.49. The zero-order valence-electron chi connectivity index (χ0n) is 12.3. The third kappa shape index (κ3) is 3.78. The van der Waals surface area contributed by atoms with Crippen molar-refractivity contribution in [3.63, 3.8) is 0 Å². The fraction of sp³-hybridized carbons (Fsp3) is 0.533. The van der Waals surface area contributed by atoms with Crippen LogP contribution in [-0.2, 0) is 4.74 Å². The number of rotatable bonds is 5. The van der Waals surface area contributed by atoms with Gasteiger partial charge in [0.15, 0.2) is 0 Å². The van der Waals surface area contributed by atoms with Crippen molar-refractivity contribution in [1.82, 2.24) is 9.88 Å². The lowest BCUT2D eigenvalue weighted by molar-refractivity contribution is 0.0325. The van der Waals surface area contributed by atoms with E-state index in [0.29, 0.717) is 18.7 Å². The van der Waals surface area contributed by atoms with Gasteiger partial charge < -0.3 is 14.7 Å². The smallest absolute Gasteiger partial charge is 0.354 e. The maximum absolute atomic E-state index is 12.5. The van der Waals surface area contributed by atoms with E-state index < -0.39 is 5.97 Å². The van der Waals surface area contributed by atoms with Crippen LogP contribution >= 0.6 is 0 Å². The average Bonchev–Trinajstić information content (AvgIpc) is 2.92. The number of carbonyl (C=O) groups excluding carboxylic acids is 1. The quantitative estimate of drug-likeness (QED) is 0.895. The van der Waals surface area contributed by atoms with Crippen LogP contribution in [0.1, 0.15) is 47.5 Å². The molecular formula is C15H20N2O4. The van der Waals surface area contributed by atoms with Crippen LogP contribution < -0.4 is 0 Å².